The predicted molar refractivity (Wildman–Crippen MR) is 75.1 cm³/mol. The van der Waals surface area contributed by atoms with Gasteiger partial charge in [-0.2, -0.15) is 0 Å². The Bertz CT molecular complexity index is 443. The zero-order chi connectivity index (χ0) is 13.4. The average molecular weight is 261 g/mol. The summed E-state index contributed by atoms with van der Waals surface area (Å²) in [4.78, 5) is 11.5. The van der Waals surface area contributed by atoms with Gasteiger partial charge < -0.3 is 9.64 Å². The fraction of sp³-hybridized carbons (Fsp3) is 0.733. The van der Waals surface area contributed by atoms with E-state index in [2.05, 4.69) is 28.0 Å². The van der Waals surface area contributed by atoms with Crippen LogP contribution in [0.3, 0.4) is 0 Å². The summed E-state index contributed by atoms with van der Waals surface area (Å²) in [7, 11) is 3.88. The minimum atomic E-state index is 0.486. The van der Waals surface area contributed by atoms with Crippen molar-refractivity contribution in [2.75, 3.05) is 19.1 Å². The van der Waals surface area contributed by atoms with Crippen molar-refractivity contribution in [1.82, 2.24) is 9.97 Å². The first-order valence-electron chi connectivity index (χ1n) is 7.25. The van der Waals surface area contributed by atoms with Crippen LogP contribution in [-0.2, 0) is 11.3 Å². The second-order valence-corrected chi connectivity index (χ2v) is 5.99. The van der Waals surface area contributed by atoms with Gasteiger partial charge in [-0.05, 0) is 44.4 Å². The average Bonchev–Trinajstić information content (AvgIpc) is 3.23. The van der Waals surface area contributed by atoms with Crippen LogP contribution in [-0.4, -0.2) is 30.2 Å². The molecule has 4 nitrogen and oxygen atoms in total. The third kappa shape index (κ3) is 2.89. The molecule has 0 spiro atoms. The van der Waals surface area contributed by atoms with Crippen molar-refractivity contribution in [1.29, 1.82) is 0 Å². The molecule has 19 heavy (non-hydrogen) atoms. The number of hydrogen-bond acceptors (Lipinski definition) is 4. The lowest BCUT2D eigenvalue weighted by molar-refractivity contribution is 0.177. The molecule has 3 rings (SSSR count). The smallest absolute Gasteiger partial charge is 0.156 e. The van der Waals surface area contributed by atoms with E-state index >= 15 is 0 Å². The maximum Gasteiger partial charge on any atom is 0.156 e. The second-order valence-electron chi connectivity index (χ2n) is 5.99. The number of ether oxygens (including phenoxy) is 1. The molecule has 0 radical (unpaired) electrons. The topological polar surface area (TPSA) is 38.2 Å². The van der Waals surface area contributed by atoms with Crippen molar-refractivity contribution in [3.63, 3.8) is 0 Å². The Morgan fingerprint density at radius 2 is 1.89 bits per heavy atom. The summed E-state index contributed by atoms with van der Waals surface area (Å²) in [5.41, 5.74) is 1.02. The maximum atomic E-state index is 5.15. The fourth-order valence-electron chi connectivity index (χ4n) is 3.03. The molecule has 0 saturated heterocycles. The van der Waals surface area contributed by atoms with Crippen molar-refractivity contribution in [3.05, 3.63) is 17.6 Å². The minimum absolute atomic E-state index is 0.486. The monoisotopic (exact) mass is 261 g/mol. The lowest BCUT2D eigenvalue weighted by atomic mass is 10.1. The highest BCUT2D eigenvalue weighted by atomic mass is 16.5. The Morgan fingerprint density at radius 3 is 2.42 bits per heavy atom. The Kier molecular flexibility index (Phi) is 3.44. The molecule has 2 aliphatic rings. The van der Waals surface area contributed by atoms with Crippen LogP contribution in [0.2, 0.25) is 0 Å². The Labute approximate surface area is 115 Å². The van der Waals surface area contributed by atoms with Crippen LogP contribution in [0, 0.1) is 18.8 Å². The van der Waals surface area contributed by atoms with Gasteiger partial charge >= 0.3 is 0 Å². The molecule has 2 aliphatic carbocycles. The normalized spacial score (nSPS) is 18.9. The lowest BCUT2D eigenvalue weighted by Crippen LogP contribution is -2.36. The summed E-state index contributed by atoms with van der Waals surface area (Å²) in [6.07, 6.45) is 5.56. The molecule has 0 amide bonds. The molecule has 104 valence electrons. The first kappa shape index (κ1) is 12.9. The first-order valence-corrected chi connectivity index (χ1v) is 7.25. The fourth-order valence-corrected chi connectivity index (χ4v) is 3.03. The van der Waals surface area contributed by atoms with Gasteiger partial charge in [0.1, 0.15) is 12.4 Å². The number of rotatable bonds is 6. The van der Waals surface area contributed by atoms with Crippen molar-refractivity contribution in [2.24, 2.45) is 11.8 Å². The summed E-state index contributed by atoms with van der Waals surface area (Å²) in [5.74, 6) is 3.62. The third-order valence-corrected chi connectivity index (χ3v) is 4.18. The van der Waals surface area contributed by atoms with Gasteiger partial charge in [0.25, 0.3) is 0 Å². The van der Waals surface area contributed by atoms with E-state index in [-0.39, 0.29) is 0 Å². The number of methoxy groups -OCH3 is 1. The van der Waals surface area contributed by atoms with Gasteiger partial charge in [-0.1, -0.05) is 0 Å². The summed E-state index contributed by atoms with van der Waals surface area (Å²) in [6, 6.07) is 2.78. The molecule has 1 aromatic heterocycles. The predicted octanol–water partition coefficient (Wildman–Crippen LogP) is 2.56. The van der Waals surface area contributed by atoms with Crippen LogP contribution >= 0.6 is 0 Å². The Morgan fingerprint density at radius 1 is 1.26 bits per heavy atom. The molecular weight excluding hydrogens is 238 g/mol. The van der Waals surface area contributed by atoms with E-state index in [0.29, 0.717) is 12.6 Å². The molecule has 0 aliphatic heterocycles. The Balaban J connectivity index is 1.82. The van der Waals surface area contributed by atoms with Crippen molar-refractivity contribution < 1.29 is 4.74 Å². The van der Waals surface area contributed by atoms with Crippen LogP contribution in [0.15, 0.2) is 6.07 Å². The minimum Gasteiger partial charge on any atom is -0.377 e. The molecule has 2 fully saturated rings. The molecule has 0 atom stereocenters. The maximum absolute atomic E-state index is 5.15. The van der Waals surface area contributed by atoms with E-state index in [1.54, 1.807) is 7.11 Å². The van der Waals surface area contributed by atoms with Crippen molar-refractivity contribution in [2.45, 2.75) is 45.3 Å². The van der Waals surface area contributed by atoms with E-state index in [1.165, 1.54) is 25.7 Å². The molecule has 0 aromatic carbocycles. The molecule has 1 heterocycles. The molecule has 0 N–H and O–H groups in total. The van der Waals surface area contributed by atoms with Crippen LogP contribution in [0.5, 0.6) is 0 Å². The Hall–Kier alpha value is -1.16. The number of anilines is 1. The number of hydrogen-bond donors (Lipinski definition) is 0. The SMILES string of the molecule is COCc1nc(C)cc(N(C)C(C2CC2)C2CC2)n1. The van der Waals surface area contributed by atoms with E-state index in [0.717, 1.165) is 29.2 Å². The van der Waals surface area contributed by atoms with Gasteiger partial charge in [-0.25, -0.2) is 9.97 Å². The van der Waals surface area contributed by atoms with Crippen LogP contribution in [0.25, 0.3) is 0 Å². The van der Waals surface area contributed by atoms with Gasteiger partial charge in [-0.3, -0.25) is 0 Å². The van der Waals surface area contributed by atoms with Crippen molar-refractivity contribution >= 4 is 5.82 Å². The zero-order valence-electron chi connectivity index (χ0n) is 12.1. The summed E-state index contributed by atoms with van der Waals surface area (Å²) in [6.45, 7) is 2.52. The molecule has 0 unspecified atom stereocenters. The highest BCUT2D eigenvalue weighted by Gasteiger charge is 2.44. The highest BCUT2D eigenvalue weighted by molar-refractivity contribution is 5.41. The van der Waals surface area contributed by atoms with Gasteiger partial charge in [-0.15, -0.1) is 0 Å². The number of aromatic nitrogens is 2. The summed E-state index contributed by atoms with van der Waals surface area (Å²) >= 11 is 0. The van der Waals surface area contributed by atoms with E-state index in [1.807, 2.05) is 6.92 Å². The molecular formula is C15H23N3O. The van der Waals surface area contributed by atoms with E-state index in [4.69, 9.17) is 4.74 Å². The van der Waals surface area contributed by atoms with E-state index < -0.39 is 0 Å². The van der Waals surface area contributed by atoms with Crippen LogP contribution < -0.4 is 4.90 Å². The number of aryl methyl sites for hydroxylation is 1. The third-order valence-electron chi connectivity index (χ3n) is 4.18. The van der Waals surface area contributed by atoms with Crippen LogP contribution in [0.1, 0.15) is 37.2 Å². The van der Waals surface area contributed by atoms with Gasteiger partial charge in [0.15, 0.2) is 5.82 Å². The molecule has 1 aromatic rings. The lowest BCUT2D eigenvalue weighted by Gasteiger charge is -2.29. The molecule has 0 bridgehead atoms. The number of nitrogens with zero attached hydrogens (tertiary/aromatic N) is 3. The quantitative estimate of drug-likeness (QED) is 0.789. The van der Waals surface area contributed by atoms with Gasteiger partial charge in [0.05, 0.1) is 0 Å². The highest BCUT2D eigenvalue weighted by Crippen LogP contribution is 2.47. The molecule has 2 saturated carbocycles. The summed E-state index contributed by atoms with van der Waals surface area (Å²) in [5, 5.41) is 0. The largest absolute Gasteiger partial charge is 0.377 e. The van der Waals surface area contributed by atoms with Gasteiger partial charge in [0, 0.05) is 32.0 Å². The van der Waals surface area contributed by atoms with Gasteiger partial charge in [0.2, 0.25) is 0 Å². The standard InChI is InChI=1S/C15H23N3O/c1-10-8-14(17-13(16-10)9-19-3)18(2)15(11-4-5-11)12-6-7-12/h8,11-12,15H,4-7,9H2,1-3H3. The van der Waals surface area contributed by atoms with E-state index in [9.17, 15) is 0 Å². The first-order chi connectivity index (χ1) is 9.19. The van der Waals surface area contributed by atoms with Crippen LogP contribution in [0.4, 0.5) is 5.82 Å². The molecule has 4 heteroatoms. The zero-order valence-corrected chi connectivity index (χ0v) is 12.1. The summed E-state index contributed by atoms with van der Waals surface area (Å²) < 4.78 is 5.15. The second kappa shape index (κ2) is 5.08. The van der Waals surface area contributed by atoms with Crippen molar-refractivity contribution in [3.8, 4) is 0 Å².